The first kappa shape index (κ1) is 17.0. The van der Waals surface area contributed by atoms with Crippen molar-refractivity contribution in [3.63, 3.8) is 0 Å². The van der Waals surface area contributed by atoms with Crippen LogP contribution in [0.5, 0.6) is 0 Å². The minimum atomic E-state index is 0.844. The second kappa shape index (κ2) is 13.0. The van der Waals surface area contributed by atoms with Crippen LogP contribution in [-0.2, 0) is 0 Å². The summed E-state index contributed by atoms with van der Waals surface area (Å²) in [4.78, 5) is 0. The van der Waals surface area contributed by atoms with Gasteiger partial charge in [0.15, 0.2) is 0 Å². The number of rotatable bonds is 11. The Morgan fingerprint density at radius 1 is 0.737 bits per heavy atom. The maximum atomic E-state index is 3.71. The Morgan fingerprint density at radius 3 is 2.05 bits per heavy atom. The number of hydrogen-bond donors (Lipinski definition) is 1. The van der Waals surface area contributed by atoms with E-state index in [9.17, 15) is 0 Å². The fourth-order valence-electron chi connectivity index (χ4n) is 3.23. The highest BCUT2D eigenvalue weighted by Gasteiger charge is 2.10. The summed E-state index contributed by atoms with van der Waals surface area (Å²) in [5.41, 5.74) is 0. The molecule has 1 aliphatic rings. The summed E-state index contributed by atoms with van der Waals surface area (Å²) in [7, 11) is 0. The molecule has 0 saturated carbocycles. The number of hydrogen-bond acceptors (Lipinski definition) is 1. The SMILES string of the molecule is CCCCCCCCCCCCC1CCCCCN1. The maximum absolute atomic E-state index is 3.71. The van der Waals surface area contributed by atoms with Gasteiger partial charge in [-0.2, -0.15) is 0 Å². The Kier molecular flexibility index (Phi) is 11.6. The van der Waals surface area contributed by atoms with Crippen molar-refractivity contribution >= 4 is 0 Å². The lowest BCUT2D eigenvalue weighted by atomic mass is 10.0. The molecule has 0 bridgehead atoms. The molecule has 0 aromatic rings. The van der Waals surface area contributed by atoms with Crippen LogP contribution in [0.4, 0.5) is 0 Å². The minimum absolute atomic E-state index is 0.844. The molecule has 19 heavy (non-hydrogen) atoms. The third-order valence-electron chi connectivity index (χ3n) is 4.57. The zero-order valence-corrected chi connectivity index (χ0v) is 13.4. The molecule has 0 amide bonds. The van der Waals surface area contributed by atoms with Gasteiger partial charge in [0.25, 0.3) is 0 Å². The van der Waals surface area contributed by atoms with Gasteiger partial charge >= 0.3 is 0 Å². The molecule has 0 aliphatic carbocycles. The zero-order valence-electron chi connectivity index (χ0n) is 13.4. The quantitative estimate of drug-likeness (QED) is 0.464. The molecule has 1 heteroatoms. The third kappa shape index (κ3) is 10.4. The first-order valence-corrected chi connectivity index (χ1v) is 9.17. The van der Waals surface area contributed by atoms with Gasteiger partial charge in [-0.05, 0) is 25.8 Å². The Hall–Kier alpha value is -0.0400. The van der Waals surface area contributed by atoms with Crippen molar-refractivity contribution in [2.45, 2.75) is 109 Å². The molecule has 1 aliphatic heterocycles. The van der Waals surface area contributed by atoms with Crippen LogP contribution in [0.1, 0.15) is 103 Å². The molecule has 1 nitrogen and oxygen atoms in total. The largest absolute Gasteiger partial charge is 0.314 e. The summed E-state index contributed by atoms with van der Waals surface area (Å²) >= 11 is 0. The first-order valence-electron chi connectivity index (χ1n) is 9.17. The van der Waals surface area contributed by atoms with Gasteiger partial charge in [-0.25, -0.2) is 0 Å². The normalized spacial score (nSPS) is 20.4. The molecule has 1 rings (SSSR count). The molecule has 114 valence electrons. The summed E-state index contributed by atoms with van der Waals surface area (Å²) in [5.74, 6) is 0. The fourth-order valence-corrected chi connectivity index (χ4v) is 3.23. The third-order valence-corrected chi connectivity index (χ3v) is 4.57. The topological polar surface area (TPSA) is 12.0 Å². The Bertz CT molecular complexity index is 171. The monoisotopic (exact) mass is 267 g/mol. The summed E-state index contributed by atoms with van der Waals surface area (Å²) < 4.78 is 0. The summed E-state index contributed by atoms with van der Waals surface area (Å²) in [6.45, 7) is 3.56. The summed E-state index contributed by atoms with van der Waals surface area (Å²) in [6, 6.07) is 0.844. The second-order valence-corrected chi connectivity index (χ2v) is 6.47. The van der Waals surface area contributed by atoms with Crippen LogP contribution in [0.15, 0.2) is 0 Å². The fraction of sp³-hybridized carbons (Fsp3) is 1.00. The highest BCUT2D eigenvalue weighted by atomic mass is 14.9. The smallest absolute Gasteiger partial charge is 0.00670 e. The highest BCUT2D eigenvalue weighted by molar-refractivity contribution is 4.70. The van der Waals surface area contributed by atoms with Crippen molar-refractivity contribution in [2.75, 3.05) is 6.54 Å². The van der Waals surface area contributed by atoms with Gasteiger partial charge in [-0.1, -0.05) is 84.0 Å². The van der Waals surface area contributed by atoms with E-state index in [4.69, 9.17) is 0 Å². The van der Waals surface area contributed by atoms with Crippen LogP contribution >= 0.6 is 0 Å². The molecule has 0 aromatic heterocycles. The van der Waals surface area contributed by atoms with Crippen molar-refractivity contribution in [1.29, 1.82) is 0 Å². The molecule has 1 heterocycles. The van der Waals surface area contributed by atoms with E-state index in [2.05, 4.69) is 12.2 Å². The molecule has 1 saturated heterocycles. The van der Waals surface area contributed by atoms with E-state index in [1.165, 1.54) is 103 Å². The molecule has 1 unspecified atom stereocenters. The van der Waals surface area contributed by atoms with Crippen LogP contribution in [0.25, 0.3) is 0 Å². The standard InChI is InChI=1S/C18H37N/c1-2-3-4-5-6-7-8-9-10-12-15-18-16-13-11-14-17-19-18/h18-19H,2-17H2,1H3. The van der Waals surface area contributed by atoms with Gasteiger partial charge in [-0.3, -0.25) is 0 Å². The van der Waals surface area contributed by atoms with Crippen LogP contribution in [0.3, 0.4) is 0 Å². The molecular weight excluding hydrogens is 230 g/mol. The average molecular weight is 268 g/mol. The van der Waals surface area contributed by atoms with Crippen molar-refractivity contribution in [3.8, 4) is 0 Å². The molecule has 0 aromatic carbocycles. The molecule has 0 spiro atoms. The lowest BCUT2D eigenvalue weighted by Crippen LogP contribution is -2.27. The second-order valence-electron chi connectivity index (χ2n) is 6.47. The van der Waals surface area contributed by atoms with E-state index in [-0.39, 0.29) is 0 Å². The molecular formula is C18H37N. The van der Waals surface area contributed by atoms with E-state index in [0.717, 1.165) is 6.04 Å². The van der Waals surface area contributed by atoms with E-state index in [1.54, 1.807) is 0 Å². The Morgan fingerprint density at radius 2 is 1.37 bits per heavy atom. The van der Waals surface area contributed by atoms with Gasteiger partial charge in [0.2, 0.25) is 0 Å². The van der Waals surface area contributed by atoms with Gasteiger partial charge in [0.1, 0.15) is 0 Å². The van der Waals surface area contributed by atoms with Crippen molar-refractivity contribution in [1.82, 2.24) is 5.32 Å². The first-order chi connectivity index (χ1) is 9.43. The maximum Gasteiger partial charge on any atom is 0.00670 e. The number of unbranched alkanes of at least 4 members (excludes halogenated alkanes) is 9. The zero-order chi connectivity index (χ0) is 13.6. The van der Waals surface area contributed by atoms with Crippen molar-refractivity contribution in [2.24, 2.45) is 0 Å². The van der Waals surface area contributed by atoms with E-state index in [0.29, 0.717) is 0 Å². The van der Waals surface area contributed by atoms with Crippen LogP contribution < -0.4 is 5.32 Å². The lowest BCUT2D eigenvalue weighted by molar-refractivity contribution is 0.448. The number of nitrogens with one attached hydrogen (secondary N) is 1. The van der Waals surface area contributed by atoms with Gasteiger partial charge in [0.05, 0.1) is 0 Å². The lowest BCUT2D eigenvalue weighted by Gasteiger charge is -2.15. The minimum Gasteiger partial charge on any atom is -0.314 e. The molecule has 1 N–H and O–H groups in total. The van der Waals surface area contributed by atoms with Gasteiger partial charge in [-0.15, -0.1) is 0 Å². The van der Waals surface area contributed by atoms with Crippen LogP contribution in [-0.4, -0.2) is 12.6 Å². The van der Waals surface area contributed by atoms with Gasteiger partial charge in [0, 0.05) is 6.04 Å². The molecule has 1 atom stereocenters. The summed E-state index contributed by atoms with van der Waals surface area (Å²) in [5, 5.41) is 3.71. The predicted octanol–water partition coefficient (Wildman–Crippen LogP) is 5.83. The highest BCUT2D eigenvalue weighted by Crippen LogP contribution is 2.15. The van der Waals surface area contributed by atoms with E-state index >= 15 is 0 Å². The summed E-state index contributed by atoms with van der Waals surface area (Å²) in [6.07, 6.45) is 21.7. The van der Waals surface area contributed by atoms with Crippen molar-refractivity contribution in [3.05, 3.63) is 0 Å². The average Bonchev–Trinajstić information content (AvgIpc) is 2.69. The van der Waals surface area contributed by atoms with E-state index < -0.39 is 0 Å². The molecule has 0 radical (unpaired) electrons. The van der Waals surface area contributed by atoms with Gasteiger partial charge < -0.3 is 5.32 Å². The Labute approximate surface area is 121 Å². The molecule has 1 fully saturated rings. The van der Waals surface area contributed by atoms with Crippen LogP contribution in [0, 0.1) is 0 Å². The Balaban J connectivity index is 1.78. The van der Waals surface area contributed by atoms with Crippen molar-refractivity contribution < 1.29 is 0 Å². The van der Waals surface area contributed by atoms with Crippen LogP contribution in [0.2, 0.25) is 0 Å². The predicted molar refractivity (Wildman–Crippen MR) is 86.7 cm³/mol. The van der Waals surface area contributed by atoms with E-state index in [1.807, 2.05) is 0 Å².